The number of nitrogens with one attached hydrogen (secondary N) is 1. The summed E-state index contributed by atoms with van der Waals surface area (Å²) < 4.78 is 19.2. The number of aryl methyl sites for hydroxylation is 2. The summed E-state index contributed by atoms with van der Waals surface area (Å²) in [6.45, 7) is 3.64. The van der Waals surface area contributed by atoms with Gasteiger partial charge in [0.25, 0.3) is 5.91 Å². The van der Waals surface area contributed by atoms with Crippen LogP contribution in [0.4, 0.5) is 4.39 Å². The Hall–Kier alpha value is -2.36. The highest BCUT2D eigenvalue weighted by molar-refractivity contribution is 5.95. The summed E-state index contributed by atoms with van der Waals surface area (Å²) in [4.78, 5) is 11.7. The lowest BCUT2D eigenvalue weighted by Crippen LogP contribution is -2.19. The Morgan fingerprint density at radius 2 is 1.80 bits per heavy atom. The first-order valence-electron chi connectivity index (χ1n) is 6.28. The van der Waals surface area contributed by atoms with Crippen LogP contribution in [0.5, 0.6) is 11.5 Å². The molecule has 0 spiro atoms. The van der Waals surface area contributed by atoms with Crippen LogP contribution in [-0.2, 0) is 0 Å². The molecule has 0 aliphatic heterocycles. The topological polar surface area (TPSA) is 38.3 Å². The van der Waals surface area contributed by atoms with Gasteiger partial charge in [0.05, 0.1) is 0 Å². The molecule has 0 aliphatic carbocycles. The van der Waals surface area contributed by atoms with E-state index in [-0.39, 0.29) is 11.7 Å². The highest BCUT2D eigenvalue weighted by Crippen LogP contribution is 2.29. The molecule has 0 heterocycles. The molecule has 0 saturated heterocycles. The van der Waals surface area contributed by atoms with Gasteiger partial charge in [0.2, 0.25) is 0 Å². The van der Waals surface area contributed by atoms with Gasteiger partial charge in [-0.2, -0.15) is 0 Å². The average Bonchev–Trinajstić information content (AvgIpc) is 2.44. The minimum absolute atomic E-state index is 0.150. The van der Waals surface area contributed by atoms with Crippen molar-refractivity contribution in [3.05, 3.63) is 58.9 Å². The number of halogens is 1. The van der Waals surface area contributed by atoms with Gasteiger partial charge in [-0.05, 0) is 49.2 Å². The van der Waals surface area contributed by atoms with Gasteiger partial charge in [-0.25, -0.2) is 4.39 Å². The maximum atomic E-state index is 13.6. The number of ether oxygens (including phenoxy) is 1. The van der Waals surface area contributed by atoms with Gasteiger partial charge < -0.3 is 10.1 Å². The Labute approximate surface area is 117 Å². The molecule has 0 unspecified atom stereocenters. The minimum atomic E-state index is -0.417. The van der Waals surface area contributed by atoms with Crippen LogP contribution < -0.4 is 10.1 Å². The third kappa shape index (κ3) is 2.79. The summed E-state index contributed by atoms with van der Waals surface area (Å²) >= 11 is 0. The van der Waals surface area contributed by atoms with Crippen LogP contribution in [0.2, 0.25) is 0 Å². The number of carbonyl (C=O) groups is 1. The van der Waals surface area contributed by atoms with Crippen LogP contribution in [0.3, 0.4) is 0 Å². The van der Waals surface area contributed by atoms with E-state index in [4.69, 9.17) is 4.74 Å². The molecule has 20 heavy (non-hydrogen) atoms. The molecular weight excluding hydrogens is 257 g/mol. The molecule has 2 aromatic rings. The van der Waals surface area contributed by atoms with Crippen molar-refractivity contribution in [1.82, 2.24) is 5.32 Å². The summed E-state index contributed by atoms with van der Waals surface area (Å²) in [5.74, 6) is 0.144. The van der Waals surface area contributed by atoms with Crippen LogP contribution in [0.15, 0.2) is 36.4 Å². The van der Waals surface area contributed by atoms with Gasteiger partial charge in [-0.15, -0.1) is 0 Å². The number of rotatable bonds is 3. The lowest BCUT2D eigenvalue weighted by Gasteiger charge is -2.13. The lowest BCUT2D eigenvalue weighted by molar-refractivity contribution is 0.0962. The van der Waals surface area contributed by atoms with Crippen LogP contribution in [0.25, 0.3) is 0 Å². The van der Waals surface area contributed by atoms with Gasteiger partial charge >= 0.3 is 0 Å². The van der Waals surface area contributed by atoms with Crippen molar-refractivity contribution in [2.45, 2.75) is 13.8 Å². The Bertz CT molecular complexity index is 653. The second kappa shape index (κ2) is 5.74. The Balaban J connectivity index is 2.37. The molecule has 104 valence electrons. The minimum Gasteiger partial charge on any atom is -0.454 e. The molecule has 0 saturated carbocycles. The van der Waals surface area contributed by atoms with Gasteiger partial charge in [0, 0.05) is 12.6 Å². The number of benzene rings is 2. The van der Waals surface area contributed by atoms with E-state index in [1.54, 1.807) is 37.4 Å². The fourth-order valence-electron chi connectivity index (χ4n) is 1.92. The Morgan fingerprint density at radius 1 is 1.10 bits per heavy atom. The summed E-state index contributed by atoms with van der Waals surface area (Å²) in [7, 11) is 1.58. The second-order valence-corrected chi connectivity index (χ2v) is 4.54. The van der Waals surface area contributed by atoms with Crippen LogP contribution in [0.1, 0.15) is 21.5 Å². The highest BCUT2D eigenvalue weighted by Gasteiger charge is 2.12. The molecule has 0 aliphatic rings. The molecule has 0 atom stereocenters. The second-order valence-electron chi connectivity index (χ2n) is 4.54. The predicted octanol–water partition coefficient (Wildman–Crippen LogP) is 3.59. The van der Waals surface area contributed by atoms with Crippen molar-refractivity contribution in [2.75, 3.05) is 7.05 Å². The Kier molecular flexibility index (Phi) is 4.03. The highest BCUT2D eigenvalue weighted by atomic mass is 19.1. The van der Waals surface area contributed by atoms with Crippen molar-refractivity contribution in [2.24, 2.45) is 0 Å². The number of hydrogen-bond donors (Lipinski definition) is 1. The fraction of sp³-hybridized carbons (Fsp3) is 0.188. The zero-order valence-corrected chi connectivity index (χ0v) is 11.7. The first-order valence-corrected chi connectivity index (χ1v) is 6.28. The van der Waals surface area contributed by atoms with Crippen molar-refractivity contribution in [1.29, 1.82) is 0 Å². The van der Waals surface area contributed by atoms with Crippen molar-refractivity contribution >= 4 is 5.91 Å². The smallest absolute Gasteiger partial charge is 0.251 e. The molecule has 3 nitrogen and oxygen atoms in total. The third-order valence-electron chi connectivity index (χ3n) is 3.05. The lowest BCUT2D eigenvalue weighted by atomic mass is 10.0. The monoisotopic (exact) mass is 273 g/mol. The zero-order chi connectivity index (χ0) is 14.7. The number of amides is 1. The van der Waals surface area contributed by atoms with Crippen molar-refractivity contribution < 1.29 is 13.9 Å². The van der Waals surface area contributed by atoms with E-state index >= 15 is 0 Å². The third-order valence-corrected chi connectivity index (χ3v) is 3.05. The van der Waals surface area contributed by atoms with E-state index in [1.165, 1.54) is 6.07 Å². The first-order chi connectivity index (χ1) is 9.52. The van der Waals surface area contributed by atoms with E-state index in [2.05, 4.69) is 5.32 Å². The van der Waals surface area contributed by atoms with Crippen molar-refractivity contribution in [3.8, 4) is 11.5 Å². The largest absolute Gasteiger partial charge is 0.454 e. The van der Waals surface area contributed by atoms with Gasteiger partial charge in [0.1, 0.15) is 5.75 Å². The molecule has 2 rings (SSSR count). The molecule has 0 radical (unpaired) electrons. The van der Waals surface area contributed by atoms with E-state index in [1.807, 2.05) is 13.8 Å². The van der Waals surface area contributed by atoms with Crippen LogP contribution >= 0.6 is 0 Å². The predicted molar refractivity (Wildman–Crippen MR) is 75.8 cm³/mol. The normalized spacial score (nSPS) is 10.2. The first kappa shape index (κ1) is 14.1. The van der Waals surface area contributed by atoms with E-state index in [9.17, 15) is 9.18 Å². The van der Waals surface area contributed by atoms with E-state index in [0.717, 1.165) is 11.1 Å². The van der Waals surface area contributed by atoms with Gasteiger partial charge in [-0.3, -0.25) is 4.79 Å². The Morgan fingerprint density at radius 3 is 2.45 bits per heavy atom. The molecular formula is C16H16FNO2. The van der Waals surface area contributed by atoms with Gasteiger partial charge in [0.15, 0.2) is 11.6 Å². The van der Waals surface area contributed by atoms with Crippen LogP contribution in [-0.4, -0.2) is 13.0 Å². The average molecular weight is 273 g/mol. The molecule has 2 aromatic carbocycles. The molecule has 1 amide bonds. The molecule has 0 aromatic heterocycles. The zero-order valence-electron chi connectivity index (χ0n) is 11.7. The quantitative estimate of drug-likeness (QED) is 0.928. The van der Waals surface area contributed by atoms with Crippen LogP contribution in [0, 0.1) is 19.7 Å². The molecule has 4 heteroatoms. The molecule has 0 bridgehead atoms. The maximum absolute atomic E-state index is 13.6. The summed E-state index contributed by atoms with van der Waals surface area (Å²) in [6, 6.07) is 9.71. The summed E-state index contributed by atoms with van der Waals surface area (Å²) in [6.07, 6.45) is 0. The molecule has 0 fully saturated rings. The fourth-order valence-corrected chi connectivity index (χ4v) is 1.92. The SMILES string of the molecule is CNC(=O)c1cc(C)c(Oc2ccccc2F)cc1C. The van der Waals surface area contributed by atoms with E-state index < -0.39 is 5.82 Å². The van der Waals surface area contributed by atoms with Gasteiger partial charge in [-0.1, -0.05) is 12.1 Å². The molecule has 1 N–H and O–H groups in total. The number of para-hydroxylation sites is 1. The maximum Gasteiger partial charge on any atom is 0.251 e. The standard InChI is InChI=1S/C16H16FNO2/c1-10-9-15(11(2)8-12(10)16(19)18-3)20-14-7-5-4-6-13(14)17/h4-9H,1-3H3,(H,18,19). The number of hydrogen-bond acceptors (Lipinski definition) is 2. The summed E-state index contributed by atoms with van der Waals surface area (Å²) in [5.41, 5.74) is 2.14. The number of carbonyl (C=O) groups excluding carboxylic acids is 1. The van der Waals surface area contributed by atoms with E-state index in [0.29, 0.717) is 11.3 Å². The van der Waals surface area contributed by atoms with Crippen molar-refractivity contribution in [3.63, 3.8) is 0 Å². The summed E-state index contributed by atoms with van der Waals surface area (Å²) in [5, 5.41) is 2.59.